The van der Waals surface area contributed by atoms with Gasteiger partial charge in [-0.25, -0.2) is 9.97 Å². The molecule has 0 saturated heterocycles. The van der Waals surface area contributed by atoms with Crippen molar-refractivity contribution in [2.24, 2.45) is 7.05 Å². The summed E-state index contributed by atoms with van der Waals surface area (Å²) in [5.41, 5.74) is 2.61. The quantitative estimate of drug-likeness (QED) is 0.546. The zero-order chi connectivity index (χ0) is 16.4. The Labute approximate surface area is 145 Å². The van der Waals surface area contributed by atoms with E-state index >= 15 is 0 Å². The number of hydrogen-bond donors (Lipinski definition) is 1. The minimum Gasteiger partial charge on any atom is -0.325 e. The maximum Gasteiger partial charge on any atom is 0.234 e. The van der Waals surface area contributed by atoms with Crippen LogP contribution >= 0.6 is 27.7 Å². The van der Waals surface area contributed by atoms with Crippen molar-refractivity contribution in [1.29, 1.82) is 0 Å². The minimum absolute atomic E-state index is 0.0765. The van der Waals surface area contributed by atoms with Gasteiger partial charge in [-0.1, -0.05) is 27.7 Å². The van der Waals surface area contributed by atoms with Crippen molar-refractivity contribution in [3.8, 4) is 0 Å². The van der Waals surface area contributed by atoms with Crippen LogP contribution in [0.25, 0.3) is 11.0 Å². The molecule has 1 aromatic carbocycles. The number of fused-ring (bicyclic) bond motifs is 1. The van der Waals surface area contributed by atoms with Gasteiger partial charge in [0.05, 0.1) is 17.3 Å². The number of anilines is 1. The number of rotatable bonds is 4. The number of halogens is 1. The molecular formula is C15H14BrN5OS. The Bertz CT molecular complexity index is 879. The van der Waals surface area contributed by atoms with Gasteiger partial charge >= 0.3 is 0 Å². The number of carbonyl (C=O) groups is 1. The lowest BCUT2D eigenvalue weighted by Crippen LogP contribution is -2.14. The molecule has 23 heavy (non-hydrogen) atoms. The summed E-state index contributed by atoms with van der Waals surface area (Å²) in [7, 11) is 1.83. The van der Waals surface area contributed by atoms with Gasteiger partial charge in [0, 0.05) is 17.2 Å². The number of carbonyl (C=O) groups excluding carboxylic acids is 1. The molecule has 0 unspecified atom stereocenters. The standard InChI is InChI=1S/C15H14BrN5OS/c1-9-5-10(3-4-12(9)16)20-13(22)7-23-15-11-6-19-21(2)14(11)17-8-18-15/h3-6,8H,7H2,1-2H3,(H,20,22). The van der Waals surface area contributed by atoms with Crippen LogP contribution in [0.5, 0.6) is 0 Å². The summed E-state index contributed by atoms with van der Waals surface area (Å²) >= 11 is 4.82. The second-order valence-electron chi connectivity index (χ2n) is 4.99. The van der Waals surface area contributed by atoms with Gasteiger partial charge in [0.1, 0.15) is 11.4 Å². The van der Waals surface area contributed by atoms with E-state index in [1.54, 1.807) is 10.9 Å². The molecule has 118 valence electrons. The Balaban J connectivity index is 1.67. The molecule has 0 fully saturated rings. The molecule has 3 rings (SSSR count). The highest BCUT2D eigenvalue weighted by molar-refractivity contribution is 9.10. The van der Waals surface area contributed by atoms with Crippen LogP contribution in [-0.2, 0) is 11.8 Å². The first kappa shape index (κ1) is 15.9. The smallest absolute Gasteiger partial charge is 0.234 e. The number of amides is 1. The fourth-order valence-corrected chi connectivity index (χ4v) is 3.12. The summed E-state index contributed by atoms with van der Waals surface area (Å²) in [6.45, 7) is 1.98. The van der Waals surface area contributed by atoms with Crippen LogP contribution in [0.2, 0.25) is 0 Å². The predicted octanol–water partition coefficient (Wildman–Crippen LogP) is 3.17. The second kappa shape index (κ2) is 6.67. The first-order chi connectivity index (χ1) is 11.0. The molecule has 1 amide bonds. The Morgan fingerprint density at radius 3 is 3.00 bits per heavy atom. The highest BCUT2D eigenvalue weighted by Gasteiger charge is 2.11. The van der Waals surface area contributed by atoms with E-state index in [2.05, 4.69) is 36.3 Å². The van der Waals surface area contributed by atoms with Gasteiger partial charge in [0.15, 0.2) is 5.65 Å². The van der Waals surface area contributed by atoms with Crippen molar-refractivity contribution in [2.75, 3.05) is 11.1 Å². The van der Waals surface area contributed by atoms with E-state index in [9.17, 15) is 4.79 Å². The Kier molecular flexibility index (Phi) is 4.63. The number of aromatic nitrogens is 4. The molecule has 0 bridgehead atoms. The molecule has 3 aromatic rings. The van der Waals surface area contributed by atoms with Crippen LogP contribution in [0, 0.1) is 6.92 Å². The fraction of sp³-hybridized carbons (Fsp3) is 0.200. The van der Waals surface area contributed by atoms with Gasteiger partial charge in [0.25, 0.3) is 0 Å². The Morgan fingerprint density at radius 2 is 2.22 bits per heavy atom. The third-order valence-electron chi connectivity index (χ3n) is 3.27. The largest absolute Gasteiger partial charge is 0.325 e. The Morgan fingerprint density at radius 1 is 1.39 bits per heavy atom. The van der Waals surface area contributed by atoms with Crippen LogP contribution in [0.4, 0.5) is 5.69 Å². The molecular weight excluding hydrogens is 378 g/mol. The van der Waals surface area contributed by atoms with Gasteiger partial charge < -0.3 is 5.32 Å². The molecule has 1 N–H and O–H groups in total. The topological polar surface area (TPSA) is 72.7 Å². The predicted molar refractivity (Wildman–Crippen MR) is 94.5 cm³/mol. The zero-order valence-electron chi connectivity index (χ0n) is 12.6. The van der Waals surface area contributed by atoms with Crippen LogP contribution in [0.3, 0.4) is 0 Å². The number of hydrogen-bond acceptors (Lipinski definition) is 5. The van der Waals surface area contributed by atoms with Crippen molar-refractivity contribution in [3.63, 3.8) is 0 Å². The maximum atomic E-state index is 12.1. The van der Waals surface area contributed by atoms with Gasteiger partial charge in [-0.05, 0) is 30.7 Å². The molecule has 6 nitrogen and oxygen atoms in total. The number of benzene rings is 1. The van der Waals surface area contributed by atoms with E-state index in [1.807, 2.05) is 32.2 Å². The molecule has 2 aromatic heterocycles. The summed E-state index contributed by atoms with van der Waals surface area (Å²) < 4.78 is 2.70. The summed E-state index contributed by atoms with van der Waals surface area (Å²) in [5, 5.41) is 8.66. The van der Waals surface area contributed by atoms with Crippen LogP contribution in [0.1, 0.15) is 5.56 Å². The van der Waals surface area contributed by atoms with Gasteiger partial charge in [-0.2, -0.15) is 5.10 Å². The molecule has 8 heteroatoms. The van der Waals surface area contributed by atoms with Gasteiger partial charge in [-0.3, -0.25) is 9.48 Å². The average Bonchev–Trinajstić information content (AvgIpc) is 2.91. The molecule has 2 heterocycles. The van der Waals surface area contributed by atoms with E-state index < -0.39 is 0 Å². The van der Waals surface area contributed by atoms with Gasteiger partial charge in [-0.15, -0.1) is 0 Å². The zero-order valence-corrected chi connectivity index (χ0v) is 15.0. The highest BCUT2D eigenvalue weighted by Crippen LogP contribution is 2.24. The highest BCUT2D eigenvalue weighted by atomic mass is 79.9. The molecule has 0 atom stereocenters. The lowest BCUT2D eigenvalue weighted by Gasteiger charge is -2.07. The van der Waals surface area contributed by atoms with E-state index in [1.165, 1.54) is 18.1 Å². The average molecular weight is 392 g/mol. The monoisotopic (exact) mass is 391 g/mol. The molecule has 0 aliphatic rings. The summed E-state index contributed by atoms with van der Waals surface area (Å²) in [4.78, 5) is 20.5. The van der Waals surface area contributed by atoms with Crippen molar-refractivity contribution in [1.82, 2.24) is 19.7 Å². The molecule has 0 aliphatic carbocycles. The van der Waals surface area contributed by atoms with Crippen molar-refractivity contribution < 1.29 is 4.79 Å². The lowest BCUT2D eigenvalue weighted by atomic mass is 10.2. The number of nitrogens with zero attached hydrogens (tertiary/aromatic N) is 4. The number of thioether (sulfide) groups is 1. The second-order valence-corrected chi connectivity index (χ2v) is 6.80. The van der Waals surface area contributed by atoms with Gasteiger partial charge in [0.2, 0.25) is 5.91 Å². The molecule has 0 saturated carbocycles. The van der Waals surface area contributed by atoms with Crippen molar-refractivity contribution in [3.05, 3.63) is 40.8 Å². The van der Waals surface area contributed by atoms with E-state index in [4.69, 9.17) is 0 Å². The SMILES string of the molecule is Cc1cc(NC(=O)CSc2ncnc3c2cnn3C)ccc1Br. The fourth-order valence-electron chi connectivity index (χ4n) is 2.11. The van der Waals surface area contributed by atoms with Crippen molar-refractivity contribution >= 4 is 50.3 Å². The molecule has 0 spiro atoms. The van der Waals surface area contributed by atoms with E-state index in [0.29, 0.717) is 0 Å². The summed E-state index contributed by atoms with van der Waals surface area (Å²) in [5.74, 6) is 0.197. The van der Waals surface area contributed by atoms with Crippen LogP contribution in [-0.4, -0.2) is 31.4 Å². The van der Waals surface area contributed by atoms with Crippen LogP contribution in [0.15, 0.2) is 40.2 Å². The summed E-state index contributed by atoms with van der Waals surface area (Å²) in [6, 6.07) is 5.71. The van der Waals surface area contributed by atoms with E-state index in [0.717, 1.165) is 31.8 Å². The lowest BCUT2D eigenvalue weighted by molar-refractivity contribution is -0.113. The normalized spacial score (nSPS) is 10.9. The Hall–Kier alpha value is -1.93. The number of aryl methyl sites for hydroxylation is 2. The number of nitrogens with one attached hydrogen (secondary N) is 1. The third kappa shape index (κ3) is 3.53. The third-order valence-corrected chi connectivity index (χ3v) is 5.17. The van der Waals surface area contributed by atoms with Crippen molar-refractivity contribution in [2.45, 2.75) is 11.9 Å². The first-order valence-corrected chi connectivity index (χ1v) is 8.64. The molecule has 0 aliphatic heterocycles. The maximum absolute atomic E-state index is 12.1. The first-order valence-electron chi connectivity index (χ1n) is 6.86. The van der Waals surface area contributed by atoms with E-state index in [-0.39, 0.29) is 11.7 Å². The minimum atomic E-state index is -0.0765. The van der Waals surface area contributed by atoms with Crippen LogP contribution < -0.4 is 5.32 Å². The summed E-state index contributed by atoms with van der Waals surface area (Å²) in [6.07, 6.45) is 3.20. The molecule has 0 radical (unpaired) electrons.